The van der Waals surface area contributed by atoms with E-state index < -0.39 is 0 Å². The number of rotatable bonds is 4. The first-order valence-electron chi connectivity index (χ1n) is 8.47. The number of hydrogen-bond donors (Lipinski definition) is 0. The second-order valence-electron chi connectivity index (χ2n) is 6.29. The molecule has 7 nitrogen and oxygen atoms in total. The molecule has 0 spiro atoms. The molecule has 8 heteroatoms. The highest BCUT2D eigenvalue weighted by molar-refractivity contribution is 7.16. The predicted molar refractivity (Wildman–Crippen MR) is 97.9 cm³/mol. The molecule has 1 saturated heterocycles. The van der Waals surface area contributed by atoms with Crippen molar-refractivity contribution in [1.82, 2.24) is 24.6 Å². The summed E-state index contributed by atoms with van der Waals surface area (Å²) < 4.78 is 7.77. The number of hydrogen-bond acceptors (Lipinski definition) is 6. The number of amides is 1. The third-order valence-corrected chi connectivity index (χ3v) is 5.46. The smallest absolute Gasteiger partial charge is 0.266 e. The summed E-state index contributed by atoms with van der Waals surface area (Å²) in [5.74, 6) is 0.512. The zero-order valence-electron chi connectivity index (χ0n) is 14.6. The minimum absolute atomic E-state index is 0.0134. The van der Waals surface area contributed by atoms with Gasteiger partial charge in [0.1, 0.15) is 11.0 Å². The molecule has 1 fully saturated rings. The lowest BCUT2D eigenvalue weighted by Crippen LogP contribution is -2.31. The first kappa shape index (κ1) is 16.7. The van der Waals surface area contributed by atoms with Crippen molar-refractivity contribution in [1.29, 1.82) is 0 Å². The second kappa shape index (κ2) is 6.87. The summed E-state index contributed by atoms with van der Waals surface area (Å²) in [6, 6.07) is 7.55. The number of thiazole rings is 1. The Balaban J connectivity index is 1.44. The molecular weight excluding hydrogens is 350 g/mol. The van der Waals surface area contributed by atoms with Gasteiger partial charge in [-0.15, -0.1) is 5.10 Å². The molecular formula is C18H19N5O2S. The fourth-order valence-corrected chi connectivity index (χ4v) is 3.93. The fourth-order valence-electron chi connectivity index (χ4n) is 2.93. The number of aromatic nitrogens is 4. The number of ether oxygens (including phenoxy) is 1. The molecule has 1 unspecified atom stereocenters. The molecule has 3 aromatic heterocycles. The Morgan fingerprint density at radius 1 is 1.23 bits per heavy atom. The van der Waals surface area contributed by atoms with Crippen LogP contribution in [0.3, 0.4) is 0 Å². The molecule has 4 rings (SSSR count). The zero-order valence-corrected chi connectivity index (χ0v) is 15.4. The molecule has 0 bridgehead atoms. The molecule has 0 radical (unpaired) electrons. The number of nitrogens with zero attached hydrogens (tertiary/aromatic N) is 5. The van der Waals surface area contributed by atoms with Crippen molar-refractivity contribution < 1.29 is 9.53 Å². The summed E-state index contributed by atoms with van der Waals surface area (Å²) in [5.41, 5.74) is 1.61. The Bertz CT molecular complexity index is 904. The normalized spacial score (nSPS) is 16.8. The topological polar surface area (TPSA) is 73.1 Å². The van der Waals surface area contributed by atoms with Crippen molar-refractivity contribution in [2.75, 3.05) is 13.1 Å². The average molecular weight is 369 g/mol. The highest BCUT2D eigenvalue weighted by Gasteiger charge is 2.30. The summed E-state index contributed by atoms with van der Waals surface area (Å²) >= 11 is 1.42. The third kappa shape index (κ3) is 3.32. The summed E-state index contributed by atoms with van der Waals surface area (Å²) in [6.07, 6.45) is 4.57. The monoisotopic (exact) mass is 369 g/mol. The van der Waals surface area contributed by atoms with Gasteiger partial charge in [-0.2, -0.15) is 5.10 Å². The Labute approximate surface area is 155 Å². The predicted octanol–water partition coefficient (Wildman–Crippen LogP) is 2.63. The van der Waals surface area contributed by atoms with Crippen molar-refractivity contribution in [2.24, 2.45) is 0 Å². The van der Waals surface area contributed by atoms with E-state index in [1.165, 1.54) is 11.3 Å². The van der Waals surface area contributed by atoms with Crippen LogP contribution in [-0.2, 0) is 0 Å². The van der Waals surface area contributed by atoms with Gasteiger partial charge in [-0.05, 0) is 32.0 Å². The number of carbonyl (C=O) groups excluding carboxylic acids is 1. The molecule has 26 heavy (non-hydrogen) atoms. The minimum Gasteiger partial charge on any atom is -0.471 e. The van der Waals surface area contributed by atoms with Gasteiger partial charge in [0.05, 0.1) is 17.9 Å². The van der Waals surface area contributed by atoms with E-state index >= 15 is 0 Å². The van der Waals surface area contributed by atoms with E-state index in [9.17, 15) is 4.79 Å². The van der Waals surface area contributed by atoms with E-state index in [0.717, 1.165) is 22.9 Å². The van der Waals surface area contributed by atoms with Crippen LogP contribution in [0, 0.1) is 13.8 Å². The lowest BCUT2D eigenvalue weighted by atomic mass is 10.3. The van der Waals surface area contributed by atoms with E-state index in [1.54, 1.807) is 0 Å². The van der Waals surface area contributed by atoms with Gasteiger partial charge >= 0.3 is 0 Å². The van der Waals surface area contributed by atoms with Crippen LogP contribution in [0.25, 0.3) is 5.13 Å². The van der Waals surface area contributed by atoms with E-state index in [0.29, 0.717) is 23.8 Å². The van der Waals surface area contributed by atoms with Gasteiger partial charge in [-0.25, -0.2) is 4.98 Å². The molecule has 3 aromatic rings. The lowest BCUT2D eigenvalue weighted by Gasteiger charge is -2.16. The molecule has 0 N–H and O–H groups in total. The number of aryl methyl sites for hydroxylation is 2. The van der Waals surface area contributed by atoms with Crippen molar-refractivity contribution in [3.8, 4) is 11.0 Å². The van der Waals surface area contributed by atoms with E-state index in [1.807, 2.05) is 60.0 Å². The standard InChI is InChI=1S/C18H19N5O2S/c1-12-5-6-15(21-20-12)25-14-7-10-23(11-14)17(24)16-13(2)19-18(26-16)22-8-3-4-9-22/h3-6,8-9,14H,7,10-11H2,1-2H3. The summed E-state index contributed by atoms with van der Waals surface area (Å²) in [4.78, 5) is 19.9. The number of carbonyl (C=O) groups is 1. The van der Waals surface area contributed by atoms with Crippen LogP contribution in [0.1, 0.15) is 27.5 Å². The summed E-state index contributed by atoms with van der Waals surface area (Å²) in [5, 5.41) is 8.83. The molecule has 1 aliphatic heterocycles. The molecule has 1 amide bonds. The molecule has 0 saturated carbocycles. The molecule has 0 aliphatic carbocycles. The molecule has 134 valence electrons. The van der Waals surface area contributed by atoms with Crippen LogP contribution >= 0.6 is 11.3 Å². The van der Waals surface area contributed by atoms with Gasteiger partial charge in [0.2, 0.25) is 5.88 Å². The fraction of sp³-hybridized carbons (Fsp3) is 0.333. The average Bonchev–Trinajstić information content (AvgIpc) is 3.37. The summed E-state index contributed by atoms with van der Waals surface area (Å²) in [7, 11) is 0. The first-order chi connectivity index (χ1) is 12.6. The minimum atomic E-state index is -0.0619. The SMILES string of the molecule is Cc1ccc(OC2CCN(C(=O)c3sc(-n4cccc4)nc3C)C2)nn1. The Kier molecular flexibility index (Phi) is 4.42. The first-order valence-corrected chi connectivity index (χ1v) is 9.29. The molecule has 0 aromatic carbocycles. The highest BCUT2D eigenvalue weighted by Crippen LogP contribution is 2.25. The van der Waals surface area contributed by atoms with E-state index in [2.05, 4.69) is 15.2 Å². The maximum Gasteiger partial charge on any atom is 0.266 e. The Morgan fingerprint density at radius 3 is 2.77 bits per heavy atom. The van der Waals surface area contributed by atoms with Crippen LogP contribution in [0.4, 0.5) is 0 Å². The van der Waals surface area contributed by atoms with Gasteiger partial charge < -0.3 is 14.2 Å². The van der Waals surface area contributed by atoms with Crippen LogP contribution in [0.5, 0.6) is 5.88 Å². The van der Waals surface area contributed by atoms with Gasteiger partial charge in [-0.1, -0.05) is 11.3 Å². The van der Waals surface area contributed by atoms with E-state index in [-0.39, 0.29) is 12.0 Å². The molecule has 1 aliphatic rings. The quantitative estimate of drug-likeness (QED) is 0.707. The van der Waals surface area contributed by atoms with Crippen LogP contribution < -0.4 is 4.74 Å². The van der Waals surface area contributed by atoms with Gasteiger partial charge in [0.25, 0.3) is 5.91 Å². The van der Waals surface area contributed by atoms with Crippen molar-refractivity contribution >= 4 is 17.2 Å². The van der Waals surface area contributed by atoms with Crippen LogP contribution in [-0.4, -0.2) is 49.7 Å². The Morgan fingerprint density at radius 2 is 2.04 bits per heavy atom. The maximum absolute atomic E-state index is 12.9. The maximum atomic E-state index is 12.9. The van der Waals surface area contributed by atoms with Gasteiger partial charge in [0.15, 0.2) is 5.13 Å². The third-order valence-electron chi connectivity index (χ3n) is 4.30. The largest absolute Gasteiger partial charge is 0.471 e. The number of likely N-dealkylation sites (tertiary alicyclic amines) is 1. The Hall–Kier alpha value is -2.74. The van der Waals surface area contributed by atoms with Gasteiger partial charge in [-0.3, -0.25) is 4.79 Å². The van der Waals surface area contributed by atoms with Crippen LogP contribution in [0.2, 0.25) is 0 Å². The second-order valence-corrected chi connectivity index (χ2v) is 7.27. The van der Waals surface area contributed by atoms with Crippen molar-refractivity contribution in [3.05, 3.63) is 52.9 Å². The lowest BCUT2D eigenvalue weighted by molar-refractivity contribution is 0.0774. The summed E-state index contributed by atoms with van der Waals surface area (Å²) in [6.45, 7) is 4.97. The van der Waals surface area contributed by atoms with Crippen LogP contribution in [0.15, 0.2) is 36.7 Å². The molecule has 1 atom stereocenters. The van der Waals surface area contributed by atoms with Crippen molar-refractivity contribution in [2.45, 2.75) is 26.4 Å². The van der Waals surface area contributed by atoms with Crippen molar-refractivity contribution in [3.63, 3.8) is 0 Å². The highest BCUT2D eigenvalue weighted by atomic mass is 32.1. The molecule has 4 heterocycles. The zero-order chi connectivity index (χ0) is 18.1. The van der Waals surface area contributed by atoms with E-state index in [4.69, 9.17) is 4.74 Å². The van der Waals surface area contributed by atoms with Gasteiger partial charge in [0, 0.05) is 31.4 Å².